The normalized spacial score (nSPS) is 17.6. The molecule has 0 aromatic heterocycles. The van der Waals surface area contributed by atoms with Crippen molar-refractivity contribution in [2.75, 3.05) is 6.54 Å². The summed E-state index contributed by atoms with van der Waals surface area (Å²) >= 11 is 0. The predicted octanol–water partition coefficient (Wildman–Crippen LogP) is 2.28. The molecule has 2 aromatic carbocycles. The summed E-state index contributed by atoms with van der Waals surface area (Å²) in [4.78, 5) is 42.9. The molecule has 1 fully saturated rings. The minimum absolute atomic E-state index is 0.203. The van der Waals surface area contributed by atoms with Crippen LogP contribution in [0.4, 0.5) is 0 Å². The molecule has 1 aliphatic heterocycles. The van der Waals surface area contributed by atoms with Gasteiger partial charge in [-0.1, -0.05) is 74.5 Å². The molecule has 3 amide bonds. The predicted molar refractivity (Wildman–Crippen MR) is 127 cm³/mol. The van der Waals surface area contributed by atoms with E-state index in [0.29, 0.717) is 25.3 Å². The van der Waals surface area contributed by atoms with E-state index < -0.39 is 30.1 Å². The monoisotopic (exact) mass is 467 g/mol. The molecule has 34 heavy (non-hydrogen) atoms. The molecule has 3 rings (SSSR count). The molecule has 3 N–H and O–H groups in total. The Hall–Kier alpha value is -3.23. The summed E-state index contributed by atoms with van der Waals surface area (Å²) in [5.41, 5.74) is 4.29. The van der Waals surface area contributed by atoms with Gasteiger partial charge in [-0.2, -0.15) is 0 Å². The number of benzene rings is 2. The Kier molecular flexibility index (Phi) is 9.61. The van der Waals surface area contributed by atoms with Gasteiger partial charge in [-0.25, -0.2) is 5.48 Å². The van der Waals surface area contributed by atoms with E-state index in [0.717, 1.165) is 17.5 Å². The number of hydrogen-bond acceptors (Lipinski definition) is 5. The number of rotatable bonds is 13. The highest BCUT2D eigenvalue weighted by Gasteiger charge is 2.51. The second-order valence-corrected chi connectivity index (χ2v) is 8.78. The summed E-state index contributed by atoms with van der Waals surface area (Å²) in [6.07, 6.45) is 0.0406. The third kappa shape index (κ3) is 8.28. The van der Waals surface area contributed by atoms with Crippen LogP contribution in [-0.4, -0.2) is 42.5 Å². The van der Waals surface area contributed by atoms with Gasteiger partial charge in [0.15, 0.2) is 12.2 Å². The van der Waals surface area contributed by atoms with Gasteiger partial charge in [-0.15, -0.1) is 0 Å². The minimum atomic E-state index is -0.942. The molecule has 1 saturated heterocycles. The van der Waals surface area contributed by atoms with E-state index in [1.807, 2.05) is 60.7 Å². The average molecular weight is 468 g/mol. The molecule has 1 heterocycles. The van der Waals surface area contributed by atoms with Crippen LogP contribution in [0, 0.1) is 5.92 Å². The Morgan fingerprint density at radius 2 is 1.50 bits per heavy atom. The third-order valence-corrected chi connectivity index (χ3v) is 5.48. The van der Waals surface area contributed by atoms with Crippen molar-refractivity contribution in [1.29, 1.82) is 0 Å². The maximum atomic E-state index is 12.8. The fourth-order valence-corrected chi connectivity index (χ4v) is 3.42. The Morgan fingerprint density at radius 3 is 2.15 bits per heavy atom. The number of carbonyl (C=O) groups is 3. The Balaban J connectivity index is 1.48. The van der Waals surface area contributed by atoms with Gasteiger partial charge in [0.05, 0.1) is 6.61 Å². The number of amides is 3. The maximum Gasteiger partial charge on any atom is 0.275 e. The van der Waals surface area contributed by atoms with Gasteiger partial charge in [-0.3, -0.25) is 19.2 Å². The zero-order valence-corrected chi connectivity index (χ0v) is 19.7. The van der Waals surface area contributed by atoms with Crippen molar-refractivity contribution >= 4 is 17.7 Å². The highest BCUT2D eigenvalue weighted by atomic mass is 16.7. The van der Waals surface area contributed by atoms with Crippen LogP contribution in [0.25, 0.3) is 0 Å². The van der Waals surface area contributed by atoms with Crippen molar-refractivity contribution in [2.24, 2.45) is 5.92 Å². The molecule has 2 aromatic rings. The number of hydrogen-bond donors (Lipinski definition) is 3. The van der Waals surface area contributed by atoms with Crippen LogP contribution < -0.4 is 16.1 Å². The number of ether oxygens (including phenoxy) is 1. The highest BCUT2D eigenvalue weighted by Crippen LogP contribution is 2.23. The smallest absolute Gasteiger partial charge is 0.275 e. The van der Waals surface area contributed by atoms with E-state index in [-0.39, 0.29) is 12.5 Å². The minimum Gasteiger partial charge on any atom is -0.354 e. The molecule has 182 valence electrons. The first-order chi connectivity index (χ1) is 16.4. The van der Waals surface area contributed by atoms with Crippen LogP contribution in [0.5, 0.6) is 0 Å². The zero-order chi connectivity index (χ0) is 24.3. The number of epoxide rings is 1. The van der Waals surface area contributed by atoms with E-state index >= 15 is 0 Å². The lowest BCUT2D eigenvalue weighted by atomic mass is 10.0. The fraction of sp³-hybridized carbons (Fsp3) is 0.423. The van der Waals surface area contributed by atoms with Crippen molar-refractivity contribution in [3.8, 4) is 0 Å². The molecule has 8 nitrogen and oxygen atoms in total. The average Bonchev–Trinajstić information content (AvgIpc) is 3.64. The maximum absolute atomic E-state index is 12.8. The molecule has 3 atom stereocenters. The first kappa shape index (κ1) is 25.4. The molecule has 0 aliphatic carbocycles. The van der Waals surface area contributed by atoms with Gasteiger partial charge < -0.3 is 15.4 Å². The van der Waals surface area contributed by atoms with E-state index in [1.54, 1.807) is 0 Å². The summed E-state index contributed by atoms with van der Waals surface area (Å²) in [6, 6.07) is 18.4. The van der Waals surface area contributed by atoms with E-state index in [4.69, 9.17) is 9.57 Å². The SMILES string of the molecule is CC(C)CCNC(=O)[C@@H](CCc1ccccc1)NC(=O)[C@@H]1O[C@H]1C(=O)NOCc1ccccc1. The van der Waals surface area contributed by atoms with Crippen molar-refractivity contribution in [3.63, 3.8) is 0 Å². The van der Waals surface area contributed by atoms with E-state index in [9.17, 15) is 14.4 Å². The summed E-state index contributed by atoms with van der Waals surface area (Å²) in [5.74, 6) is -0.794. The van der Waals surface area contributed by atoms with Crippen molar-refractivity contribution in [1.82, 2.24) is 16.1 Å². The molecule has 8 heteroatoms. The summed E-state index contributed by atoms with van der Waals surface area (Å²) in [5, 5.41) is 5.66. The van der Waals surface area contributed by atoms with E-state index in [1.165, 1.54) is 0 Å². The van der Waals surface area contributed by atoms with Crippen molar-refractivity contribution in [3.05, 3.63) is 71.8 Å². The Bertz CT molecular complexity index is 936. The summed E-state index contributed by atoms with van der Waals surface area (Å²) < 4.78 is 5.26. The van der Waals surface area contributed by atoms with Crippen molar-refractivity contribution < 1.29 is 24.0 Å². The second-order valence-electron chi connectivity index (χ2n) is 8.78. The van der Waals surface area contributed by atoms with E-state index in [2.05, 4.69) is 30.0 Å². The van der Waals surface area contributed by atoms with Crippen LogP contribution in [0.2, 0.25) is 0 Å². The van der Waals surface area contributed by atoms with Crippen LogP contribution in [0.3, 0.4) is 0 Å². The quantitative estimate of drug-likeness (QED) is 0.309. The van der Waals surface area contributed by atoms with Crippen LogP contribution >= 0.6 is 0 Å². The lowest BCUT2D eigenvalue weighted by molar-refractivity contribution is -0.136. The summed E-state index contributed by atoms with van der Waals surface area (Å²) in [6.45, 7) is 4.91. The number of aryl methyl sites for hydroxylation is 1. The van der Waals surface area contributed by atoms with Gasteiger partial charge in [0.1, 0.15) is 6.04 Å². The van der Waals surface area contributed by atoms with Gasteiger partial charge in [-0.05, 0) is 36.3 Å². The lowest BCUT2D eigenvalue weighted by Crippen LogP contribution is -2.49. The first-order valence-electron chi connectivity index (χ1n) is 11.7. The Morgan fingerprint density at radius 1 is 0.882 bits per heavy atom. The number of hydroxylamine groups is 1. The highest BCUT2D eigenvalue weighted by molar-refractivity contribution is 5.96. The molecule has 0 unspecified atom stereocenters. The van der Waals surface area contributed by atoms with Gasteiger partial charge in [0.25, 0.3) is 11.8 Å². The molecule has 1 aliphatic rings. The van der Waals surface area contributed by atoms with Gasteiger partial charge in [0, 0.05) is 6.54 Å². The first-order valence-corrected chi connectivity index (χ1v) is 11.7. The molecular formula is C26H33N3O5. The molecule has 0 spiro atoms. The lowest BCUT2D eigenvalue weighted by Gasteiger charge is -2.18. The van der Waals surface area contributed by atoms with Crippen LogP contribution in [0.1, 0.15) is 37.8 Å². The number of carbonyl (C=O) groups excluding carboxylic acids is 3. The second kappa shape index (κ2) is 12.9. The van der Waals surface area contributed by atoms with Gasteiger partial charge >= 0.3 is 0 Å². The number of nitrogens with one attached hydrogen (secondary N) is 3. The molecular weight excluding hydrogens is 434 g/mol. The zero-order valence-electron chi connectivity index (χ0n) is 19.7. The molecule has 0 saturated carbocycles. The summed E-state index contributed by atoms with van der Waals surface area (Å²) in [7, 11) is 0. The largest absolute Gasteiger partial charge is 0.354 e. The van der Waals surface area contributed by atoms with Crippen LogP contribution in [-0.2, 0) is 37.0 Å². The molecule has 0 bridgehead atoms. The van der Waals surface area contributed by atoms with Gasteiger partial charge in [0.2, 0.25) is 5.91 Å². The molecule has 0 radical (unpaired) electrons. The Labute approximate surface area is 200 Å². The third-order valence-electron chi connectivity index (χ3n) is 5.48. The topological polar surface area (TPSA) is 109 Å². The van der Waals surface area contributed by atoms with Crippen molar-refractivity contribution in [2.45, 2.75) is 58.0 Å². The standard InChI is InChI=1S/C26H33N3O5/c1-18(2)15-16-27-24(30)21(14-13-19-9-5-3-6-10-19)28-25(31)22-23(34-22)26(32)29-33-17-20-11-7-4-8-12-20/h3-12,18,21-23H,13-17H2,1-2H3,(H,27,30)(H,28,31)(H,29,32)/t21-,22-,23-/m1/s1. The fourth-order valence-electron chi connectivity index (χ4n) is 3.42. The van der Waals surface area contributed by atoms with Crippen LogP contribution in [0.15, 0.2) is 60.7 Å².